The van der Waals surface area contributed by atoms with Gasteiger partial charge in [0.05, 0.1) is 6.10 Å². The van der Waals surface area contributed by atoms with Gasteiger partial charge in [-0.05, 0) is 12.8 Å². The summed E-state index contributed by atoms with van der Waals surface area (Å²) in [5.41, 5.74) is 0. The van der Waals surface area contributed by atoms with Crippen molar-refractivity contribution in [2.45, 2.75) is 45.7 Å². The summed E-state index contributed by atoms with van der Waals surface area (Å²) in [4.78, 5) is 21.7. The van der Waals surface area contributed by atoms with Gasteiger partial charge in [0.15, 0.2) is 0 Å². The molecular weight excluding hydrogens is 188 g/mol. The highest BCUT2D eigenvalue weighted by Crippen LogP contribution is 2.14. The summed E-state index contributed by atoms with van der Waals surface area (Å²) in [7, 11) is 0. The zero-order valence-electron chi connectivity index (χ0n) is 8.32. The molecule has 5 heteroatoms. The maximum atomic E-state index is 10.8. The molecule has 0 atom stereocenters. The molecule has 1 aliphatic heterocycles. The Balaban J connectivity index is 2.43. The van der Waals surface area contributed by atoms with E-state index in [2.05, 4.69) is 9.47 Å². The van der Waals surface area contributed by atoms with Crippen molar-refractivity contribution in [1.82, 2.24) is 0 Å². The van der Waals surface area contributed by atoms with Gasteiger partial charge in [0.1, 0.15) is 6.42 Å². The Labute approximate surface area is 82.3 Å². The van der Waals surface area contributed by atoms with Crippen LogP contribution in [-0.4, -0.2) is 24.5 Å². The summed E-state index contributed by atoms with van der Waals surface area (Å²) in [6.45, 7) is 2.73. The van der Waals surface area contributed by atoms with E-state index < -0.39 is 18.4 Å². The van der Waals surface area contributed by atoms with Crippen molar-refractivity contribution >= 4 is 11.9 Å². The van der Waals surface area contributed by atoms with Gasteiger partial charge in [0, 0.05) is 0 Å². The number of hydrogen-bond donors (Lipinski definition) is 0. The summed E-state index contributed by atoms with van der Waals surface area (Å²) < 4.78 is 14.6. The second kappa shape index (κ2) is 4.95. The zero-order valence-corrected chi connectivity index (χ0v) is 8.32. The van der Waals surface area contributed by atoms with E-state index in [9.17, 15) is 9.59 Å². The number of esters is 2. The lowest BCUT2D eigenvalue weighted by Gasteiger charge is -2.25. The van der Waals surface area contributed by atoms with E-state index in [0.29, 0.717) is 0 Å². The van der Waals surface area contributed by atoms with Crippen LogP contribution in [0.2, 0.25) is 0 Å². The minimum Gasteiger partial charge on any atom is -0.400 e. The molecule has 0 bridgehead atoms. The van der Waals surface area contributed by atoms with E-state index >= 15 is 0 Å². The van der Waals surface area contributed by atoms with Crippen molar-refractivity contribution in [3.63, 3.8) is 0 Å². The van der Waals surface area contributed by atoms with Crippen LogP contribution >= 0.6 is 0 Å². The lowest BCUT2D eigenvalue weighted by atomic mass is 10.2. The van der Waals surface area contributed by atoms with Crippen molar-refractivity contribution in [3.05, 3.63) is 0 Å². The SMILES string of the molecule is CCC(CC)OC1OC(=O)CC(=O)O1. The van der Waals surface area contributed by atoms with Gasteiger partial charge in [-0.3, -0.25) is 9.59 Å². The fraction of sp³-hybridized carbons (Fsp3) is 0.778. The molecule has 0 spiro atoms. The molecule has 1 aliphatic rings. The van der Waals surface area contributed by atoms with Gasteiger partial charge < -0.3 is 14.2 Å². The highest BCUT2D eigenvalue weighted by molar-refractivity contribution is 5.92. The van der Waals surface area contributed by atoms with Gasteiger partial charge in [-0.1, -0.05) is 13.8 Å². The van der Waals surface area contributed by atoms with Gasteiger partial charge in [-0.25, -0.2) is 0 Å². The average Bonchev–Trinajstić information content (AvgIpc) is 2.12. The average molecular weight is 202 g/mol. The lowest BCUT2D eigenvalue weighted by molar-refractivity contribution is -0.291. The lowest BCUT2D eigenvalue weighted by Crippen LogP contribution is -2.36. The van der Waals surface area contributed by atoms with Crippen molar-refractivity contribution in [2.75, 3.05) is 0 Å². The minimum absolute atomic E-state index is 0.0568. The second-order valence-electron chi connectivity index (χ2n) is 3.02. The van der Waals surface area contributed by atoms with Crippen LogP contribution in [0, 0.1) is 0 Å². The first kappa shape index (κ1) is 11.0. The Morgan fingerprint density at radius 1 is 1.29 bits per heavy atom. The van der Waals surface area contributed by atoms with Crippen LogP contribution in [0.15, 0.2) is 0 Å². The van der Waals surface area contributed by atoms with Gasteiger partial charge in [0.2, 0.25) is 0 Å². The third kappa shape index (κ3) is 2.99. The van der Waals surface area contributed by atoms with Crippen LogP contribution in [0.25, 0.3) is 0 Å². The molecule has 0 saturated carbocycles. The number of carbonyl (C=O) groups is 2. The van der Waals surface area contributed by atoms with E-state index in [1.54, 1.807) is 0 Å². The summed E-state index contributed by atoms with van der Waals surface area (Å²) in [6, 6.07) is 0. The predicted molar refractivity (Wildman–Crippen MR) is 46.0 cm³/mol. The maximum absolute atomic E-state index is 10.8. The first-order valence-electron chi connectivity index (χ1n) is 4.70. The van der Waals surface area contributed by atoms with Crippen LogP contribution in [0.4, 0.5) is 0 Å². The fourth-order valence-corrected chi connectivity index (χ4v) is 1.13. The van der Waals surface area contributed by atoms with Crippen LogP contribution in [-0.2, 0) is 23.8 Å². The molecule has 1 rings (SSSR count). The molecule has 1 fully saturated rings. The molecule has 0 aromatic rings. The van der Waals surface area contributed by atoms with Crippen LogP contribution in [0.5, 0.6) is 0 Å². The van der Waals surface area contributed by atoms with Gasteiger partial charge in [-0.2, -0.15) is 0 Å². The number of rotatable bonds is 4. The third-order valence-electron chi connectivity index (χ3n) is 1.96. The molecule has 1 heterocycles. The predicted octanol–water partition coefficient (Wildman–Crippen LogP) is 0.965. The van der Waals surface area contributed by atoms with E-state index in [1.165, 1.54) is 0 Å². The summed E-state index contributed by atoms with van der Waals surface area (Å²) >= 11 is 0. The minimum atomic E-state index is -1.16. The molecule has 0 amide bonds. The van der Waals surface area contributed by atoms with Gasteiger partial charge in [-0.15, -0.1) is 0 Å². The highest BCUT2D eigenvalue weighted by atomic mass is 16.9. The second-order valence-corrected chi connectivity index (χ2v) is 3.02. The third-order valence-corrected chi connectivity index (χ3v) is 1.96. The molecule has 80 valence electrons. The Bertz CT molecular complexity index is 205. The van der Waals surface area contributed by atoms with Crippen molar-refractivity contribution < 1.29 is 23.8 Å². The topological polar surface area (TPSA) is 61.8 Å². The number of ether oxygens (including phenoxy) is 3. The van der Waals surface area contributed by atoms with Crippen molar-refractivity contribution in [2.24, 2.45) is 0 Å². The molecular formula is C9H14O5. The van der Waals surface area contributed by atoms with Gasteiger partial charge in [0.25, 0.3) is 0 Å². The van der Waals surface area contributed by atoms with Crippen LogP contribution in [0.1, 0.15) is 33.1 Å². The van der Waals surface area contributed by atoms with E-state index in [0.717, 1.165) is 12.8 Å². The molecule has 1 saturated heterocycles. The van der Waals surface area contributed by atoms with E-state index in [4.69, 9.17) is 4.74 Å². The van der Waals surface area contributed by atoms with Crippen molar-refractivity contribution in [3.8, 4) is 0 Å². The van der Waals surface area contributed by atoms with Crippen LogP contribution < -0.4 is 0 Å². The highest BCUT2D eigenvalue weighted by Gasteiger charge is 2.29. The Kier molecular flexibility index (Phi) is 3.88. The molecule has 0 aromatic heterocycles. The zero-order chi connectivity index (χ0) is 10.6. The number of cyclic esters (lactones) is 2. The fourth-order valence-electron chi connectivity index (χ4n) is 1.13. The molecule has 14 heavy (non-hydrogen) atoms. The molecule has 0 aromatic carbocycles. The standard InChI is InChI=1S/C9H14O5/c1-3-6(4-2)12-9-13-7(10)5-8(11)14-9/h6,9H,3-5H2,1-2H3. The molecule has 0 unspecified atom stereocenters. The van der Waals surface area contributed by atoms with E-state index in [-0.39, 0.29) is 12.5 Å². The summed E-state index contributed by atoms with van der Waals surface area (Å²) in [6.07, 6.45) is 1.17. The Hall–Kier alpha value is -1.10. The Morgan fingerprint density at radius 2 is 1.79 bits per heavy atom. The van der Waals surface area contributed by atoms with Gasteiger partial charge >= 0.3 is 18.4 Å². The summed E-state index contributed by atoms with van der Waals surface area (Å²) in [5.74, 6) is -1.20. The van der Waals surface area contributed by atoms with Crippen molar-refractivity contribution in [1.29, 1.82) is 0 Å². The normalized spacial score (nSPS) is 18.2. The monoisotopic (exact) mass is 202 g/mol. The first-order chi connectivity index (χ1) is 6.65. The molecule has 5 nitrogen and oxygen atoms in total. The number of hydrogen-bond acceptors (Lipinski definition) is 5. The number of carbonyl (C=O) groups excluding carboxylic acids is 2. The first-order valence-corrected chi connectivity index (χ1v) is 4.70. The van der Waals surface area contributed by atoms with E-state index in [1.807, 2.05) is 13.8 Å². The Morgan fingerprint density at radius 3 is 2.21 bits per heavy atom. The summed E-state index contributed by atoms with van der Waals surface area (Å²) in [5, 5.41) is 0. The molecule has 0 N–H and O–H groups in total. The maximum Gasteiger partial charge on any atom is 0.365 e. The smallest absolute Gasteiger partial charge is 0.365 e. The van der Waals surface area contributed by atoms with Crippen LogP contribution in [0.3, 0.4) is 0 Å². The quantitative estimate of drug-likeness (QED) is 0.502. The largest absolute Gasteiger partial charge is 0.400 e. The molecule has 0 aliphatic carbocycles. The molecule has 0 radical (unpaired) electrons.